The van der Waals surface area contributed by atoms with Crippen molar-refractivity contribution in [2.75, 3.05) is 5.32 Å². The molecule has 1 atom stereocenters. The second-order valence-electron chi connectivity index (χ2n) is 3.97. The Morgan fingerprint density at radius 3 is 2.58 bits per heavy atom. The minimum Gasteiger partial charge on any atom is -0.363 e. The van der Waals surface area contributed by atoms with E-state index in [9.17, 15) is 8.78 Å². The van der Waals surface area contributed by atoms with Crippen molar-refractivity contribution in [1.29, 1.82) is 0 Å². The van der Waals surface area contributed by atoms with E-state index in [0.29, 0.717) is 16.4 Å². The highest BCUT2D eigenvalue weighted by Crippen LogP contribution is 2.33. The lowest BCUT2D eigenvalue weighted by atomic mass is 10.1. The van der Waals surface area contributed by atoms with Crippen LogP contribution in [0.1, 0.15) is 18.5 Å². The van der Waals surface area contributed by atoms with E-state index < -0.39 is 17.8 Å². The first-order chi connectivity index (χ1) is 8.99. The van der Waals surface area contributed by atoms with Crippen LogP contribution in [0.25, 0.3) is 0 Å². The van der Waals surface area contributed by atoms with E-state index in [1.54, 1.807) is 13.0 Å². The van der Waals surface area contributed by atoms with Crippen molar-refractivity contribution in [2.24, 2.45) is 0 Å². The first-order valence-electron chi connectivity index (χ1n) is 5.51. The minimum atomic E-state index is -0.603. The molecule has 1 aromatic carbocycles. The molecule has 0 saturated heterocycles. The van der Waals surface area contributed by atoms with Crippen molar-refractivity contribution >= 4 is 29.0 Å². The number of halogens is 4. The summed E-state index contributed by atoms with van der Waals surface area (Å²) in [6, 6.07) is 6.56. The summed E-state index contributed by atoms with van der Waals surface area (Å²) in [7, 11) is 0. The highest BCUT2D eigenvalue weighted by Gasteiger charge is 2.17. The lowest BCUT2D eigenvalue weighted by Gasteiger charge is -2.18. The van der Waals surface area contributed by atoms with Crippen LogP contribution in [0.5, 0.6) is 0 Å². The van der Waals surface area contributed by atoms with Crippen molar-refractivity contribution in [3.63, 3.8) is 0 Å². The fraction of sp³-hybridized carbons (Fsp3) is 0.154. The molecule has 1 N–H and O–H groups in total. The van der Waals surface area contributed by atoms with E-state index in [1.807, 2.05) is 0 Å². The number of aromatic nitrogens is 1. The van der Waals surface area contributed by atoms with Gasteiger partial charge in [-0.2, -0.15) is 4.39 Å². The van der Waals surface area contributed by atoms with Crippen LogP contribution in [0.4, 0.5) is 14.6 Å². The molecule has 2 aromatic rings. The normalized spacial score (nSPS) is 12.3. The zero-order chi connectivity index (χ0) is 14.0. The Morgan fingerprint density at radius 2 is 1.89 bits per heavy atom. The summed E-state index contributed by atoms with van der Waals surface area (Å²) >= 11 is 11.9. The molecule has 6 heteroatoms. The summed E-state index contributed by atoms with van der Waals surface area (Å²) in [6.07, 6.45) is 0. The predicted molar refractivity (Wildman–Crippen MR) is 72.7 cm³/mol. The van der Waals surface area contributed by atoms with Crippen LogP contribution in [-0.4, -0.2) is 4.98 Å². The number of benzene rings is 1. The van der Waals surface area contributed by atoms with Gasteiger partial charge in [0.05, 0.1) is 11.1 Å². The molecule has 0 spiro atoms. The van der Waals surface area contributed by atoms with E-state index in [2.05, 4.69) is 10.3 Å². The van der Waals surface area contributed by atoms with Gasteiger partial charge in [-0.05, 0) is 31.2 Å². The molecule has 19 heavy (non-hydrogen) atoms. The van der Waals surface area contributed by atoms with Gasteiger partial charge in [0.15, 0.2) is 0 Å². The van der Waals surface area contributed by atoms with Crippen LogP contribution in [0, 0.1) is 11.8 Å². The molecule has 1 aromatic heterocycles. The van der Waals surface area contributed by atoms with Gasteiger partial charge in [-0.1, -0.05) is 29.3 Å². The molecular weight excluding hydrogens is 293 g/mol. The first kappa shape index (κ1) is 14.0. The van der Waals surface area contributed by atoms with E-state index in [-0.39, 0.29) is 5.02 Å². The zero-order valence-corrected chi connectivity index (χ0v) is 11.4. The quantitative estimate of drug-likeness (QED) is 0.648. The van der Waals surface area contributed by atoms with Gasteiger partial charge in [-0.15, -0.1) is 0 Å². The summed E-state index contributed by atoms with van der Waals surface area (Å²) in [5, 5.41) is 3.21. The number of nitrogens with zero attached hydrogens (tertiary/aromatic N) is 1. The number of anilines is 1. The molecule has 0 saturated carbocycles. The molecule has 0 fully saturated rings. The monoisotopic (exact) mass is 302 g/mol. The van der Waals surface area contributed by atoms with Crippen molar-refractivity contribution in [2.45, 2.75) is 13.0 Å². The van der Waals surface area contributed by atoms with E-state index in [1.165, 1.54) is 24.3 Å². The van der Waals surface area contributed by atoms with Crippen molar-refractivity contribution in [3.8, 4) is 0 Å². The summed E-state index contributed by atoms with van der Waals surface area (Å²) in [5.74, 6) is -0.834. The summed E-state index contributed by atoms with van der Waals surface area (Å²) in [4.78, 5) is 3.66. The summed E-state index contributed by atoms with van der Waals surface area (Å²) in [5.41, 5.74) is 0.411. The SMILES string of the molecule is CC(Nc1cccc(F)n1)c1c(Cl)ccc(F)c1Cl. The molecule has 1 heterocycles. The maximum Gasteiger partial charge on any atom is 0.214 e. The molecule has 0 radical (unpaired) electrons. The van der Waals surface area contributed by atoms with Crippen LogP contribution in [0.2, 0.25) is 10.0 Å². The van der Waals surface area contributed by atoms with Crippen LogP contribution < -0.4 is 5.32 Å². The first-order valence-corrected chi connectivity index (χ1v) is 6.27. The lowest BCUT2D eigenvalue weighted by molar-refractivity contribution is 0.584. The fourth-order valence-electron chi connectivity index (χ4n) is 1.72. The number of nitrogens with one attached hydrogen (secondary N) is 1. The molecule has 0 aliphatic rings. The zero-order valence-electron chi connectivity index (χ0n) is 9.92. The van der Waals surface area contributed by atoms with Gasteiger partial charge in [0.2, 0.25) is 5.95 Å². The number of hydrogen-bond acceptors (Lipinski definition) is 2. The van der Waals surface area contributed by atoms with Crippen LogP contribution in [0.3, 0.4) is 0 Å². The smallest absolute Gasteiger partial charge is 0.214 e. The standard InChI is InChI=1S/C13H10Cl2F2N2/c1-7(18-11-4-2-3-10(17)19-11)12-8(14)5-6-9(16)13(12)15/h2-7H,1H3,(H,18,19). The summed E-state index contributed by atoms with van der Waals surface area (Å²) in [6.45, 7) is 1.74. The molecule has 0 bridgehead atoms. The molecule has 0 amide bonds. The van der Waals surface area contributed by atoms with Crippen molar-refractivity contribution in [3.05, 3.63) is 57.7 Å². The fourth-order valence-corrected chi connectivity index (χ4v) is 2.42. The Morgan fingerprint density at radius 1 is 1.16 bits per heavy atom. The van der Waals surface area contributed by atoms with Gasteiger partial charge in [-0.25, -0.2) is 9.37 Å². The second kappa shape index (κ2) is 5.72. The van der Waals surface area contributed by atoms with Crippen LogP contribution in [0.15, 0.2) is 30.3 Å². The largest absolute Gasteiger partial charge is 0.363 e. The molecular formula is C13H10Cl2F2N2. The Balaban J connectivity index is 2.30. The third-order valence-electron chi connectivity index (χ3n) is 2.59. The van der Waals surface area contributed by atoms with Gasteiger partial charge in [0.1, 0.15) is 11.6 Å². The number of rotatable bonds is 3. The van der Waals surface area contributed by atoms with E-state index in [0.717, 1.165) is 0 Å². The Labute approximate surface area is 119 Å². The van der Waals surface area contributed by atoms with Crippen LogP contribution in [-0.2, 0) is 0 Å². The minimum absolute atomic E-state index is 0.0519. The second-order valence-corrected chi connectivity index (χ2v) is 4.75. The van der Waals surface area contributed by atoms with Gasteiger partial charge < -0.3 is 5.32 Å². The van der Waals surface area contributed by atoms with Crippen LogP contribution >= 0.6 is 23.2 Å². The van der Waals surface area contributed by atoms with Crippen molar-refractivity contribution in [1.82, 2.24) is 4.98 Å². The third kappa shape index (κ3) is 3.14. The van der Waals surface area contributed by atoms with Gasteiger partial charge in [0.25, 0.3) is 0 Å². The highest BCUT2D eigenvalue weighted by atomic mass is 35.5. The highest BCUT2D eigenvalue weighted by molar-refractivity contribution is 6.36. The maximum atomic E-state index is 13.4. The number of pyridine rings is 1. The molecule has 0 aliphatic heterocycles. The Bertz CT molecular complexity index is 605. The lowest BCUT2D eigenvalue weighted by Crippen LogP contribution is -2.10. The topological polar surface area (TPSA) is 24.9 Å². The molecule has 2 rings (SSSR count). The third-order valence-corrected chi connectivity index (χ3v) is 3.31. The summed E-state index contributed by atoms with van der Waals surface area (Å²) < 4.78 is 26.4. The molecule has 2 nitrogen and oxygen atoms in total. The number of hydrogen-bond donors (Lipinski definition) is 1. The molecule has 0 aliphatic carbocycles. The Kier molecular flexibility index (Phi) is 4.22. The Hall–Kier alpha value is -1.39. The van der Waals surface area contributed by atoms with Crippen molar-refractivity contribution < 1.29 is 8.78 Å². The predicted octanol–water partition coefficient (Wildman–Crippen LogP) is 4.84. The van der Waals surface area contributed by atoms with Gasteiger partial charge >= 0.3 is 0 Å². The average Bonchev–Trinajstić information content (AvgIpc) is 2.34. The maximum absolute atomic E-state index is 13.4. The molecule has 1 unspecified atom stereocenters. The van der Waals surface area contributed by atoms with Gasteiger partial charge in [0, 0.05) is 10.6 Å². The average molecular weight is 303 g/mol. The van der Waals surface area contributed by atoms with E-state index >= 15 is 0 Å². The molecule has 100 valence electrons. The van der Waals surface area contributed by atoms with Gasteiger partial charge in [-0.3, -0.25) is 0 Å². The van der Waals surface area contributed by atoms with E-state index in [4.69, 9.17) is 23.2 Å².